The van der Waals surface area contributed by atoms with Crippen molar-refractivity contribution in [3.63, 3.8) is 0 Å². The van der Waals surface area contributed by atoms with Gasteiger partial charge in [-0.1, -0.05) is 40.6 Å². The highest BCUT2D eigenvalue weighted by Crippen LogP contribution is 2.21. The van der Waals surface area contributed by atoms with Crippen molar-refractivity contribution in [2.45, 2.75) is 6.32 Å². The van der Waals surface area contributed by atoms with E-state index in [1.807, 2.05) is 0 Å². The molecule has 13 heavy (non-hydrogen) atoms. The van der Waals surface area contributed by atoms with Crippen LogP contribution in [0.15, 0.2) is 30.5 Å². The van der Waals surface area contributed by atoms with Crippen molar-refractivity contribution < 1.29 is 0 Å². The van der Waals surface area contributed by atoms with E-state index < -0.39 is 0 Å². The standard InChI is InChI=1S/C9H9BN2S/c10-5-7-1-3-8(4-2-7)9-6-11-12-13-9/h1-4,6H,5,10H2. The van der Waals surface area contributed by atoms with Gasteiger partial charge >= 0.3 is 0 Å². The van der Waals surface area contributed by atoms with E-state index in [0.29, 0.717) is 0 Å². The molecule has 0 aliphatic rings. The van der Waals surface area contributed by atoms with E-state index in [4.69, 9.17) is 0 Å². The van der Waals surface area contributed by atoms with Crippen LogP contribution in [0.25, 0.3) is 10.4 Å². The van der Waals surface area contributed by atoms with Crippen LogP contribution in [0.3, 0.4) is 0 Å². The molecule has 2 aromatic rings. The molecular weight excluding hydrogens is 179 g/mol. The molecule has 4 heteroatoms. The van der Waals surface area contributed by atoms with E-state index in [2.05, 4.69) is 41.7 Å². The molecule has 2 nitrogen and oxygen atoms in total. The molecule has 0 radical (unpaired) electrons. The number of benzene rings is 1. The smallest absolute Gasteiger partial charge is 0.107 e. The molecule has 0 saturated carbocycles. The Morgan fingerprint density at radius 3 is 2.54 bits per heavy atom. The zero-order valence-electron chi connectivity index (χ0n) is 7.40. The predicted octanol–water partition coefficient (Wildman–Crippen LogP) is 1.34. The fraction of sp³-hybridized carbons (Fsp3) is 0.111. The fourth-order valence-corrected chi connectivity index (χ4v) is 1.72. The van der Waals surface area contributed by atoms with Crippen molar-refractivity contribution in [2.75, 3.05) is 0 Å². The van der Waals surface area contributed by atoms with Crippen molar-refractivity contribution in [3.05, 3.63) is 36.0 Å². The van der Waals surface area contributed by atoms with Gasteiger partial charge in [0.15, 0.2) is 0 Å². The molecule has 0 aliphatic carbocycles. The number of rotatable bonds is 2. The topological polar surface area (TPSA) is 25.8 Å². The van der Waals surface area contributed by atoms with Crippen LogP contribution in [0.2, 0.25) is 0 Å². The van der Waals surface area contributed by atoms with Crippen molar-refractivity contribution in [1.29, 1.82) is 0 Å². The van der Waals surface area contributed by atoms with Crippen molar-refractivity contribution in [1.82, 2.24) is 9.59 Å². The van der Waals surface area contributed by atoms with Crippen LogP contribution in [-0.2, 0) is 6.32 Å². The third-order valence-electron chi connectivity index (χ3n) is 2.01. The lowest BCUT2D eigenvalue weighted by atomic mass is 9.96. The lowest BCUT2D eigenvalue weighted by Crippen LogP contribution is -1.82. The summed E-state index contributed by atoms with van der Waals surface area (Å²) >= 11 is 1.43. The average Bonchev–Trinajstić information content (AvgIpc) is 2.71. The highest BCUT2D eigenvalue weighted by Gasteiger charge is 1.99. The number of hydrogen-bond acceptors (Lipinski definition) is 3. The van der Waals surface area contributed by atoms with Crippen LogP contribution in [0.4, 0.5) is 0 Å². The van der Waals surface area contributed by atoms with Gasteiger partial charge in [-0.05, 0) is 17.1 Å². The Hall–Kier alpha value is -1.16. The Balaban J connectivity index is 2.33. The zero-order valence-corrected chi connectivity index (χ0v) is 8.21. The monoisotopic (exact) mass is 188 g/mol. The Labute approximate surface area is 82.2 Å². The molecule has 0 amide bonds. The molecular formula is C9H9BN2S. The van der Waals surface area contributed by atoms with E-state index in [9.17, 15) is 0 Å². The summed E-state index contributed by atoms with van der Waals surface area (Å²) in [7, 11) is 2.16. The first-order valence-corrected chi connectivity index (χ1v) is 5.04. The minimum absolute atomic E-state index is 1.08. The Morgan fingerprint density at radius 2 is 2.00 bits per heavy atom. The van der Waals surface area contributed by atoms with Crippen LogP contribution in [0.5, 0.6) is 0 Å². The van der Waals surface area contributed by atoms with Gasteiger partial charge in [0.25, 0.3) is 0 Å². The zero-order chi connectivity index (χ0) is 9.10. The second-order valence-electron chi connectivity index (χ2n) is 2.83. The van der Waals surface area contributed by atoms with E-state index in [1.165, 1.54) is 22.7 Å². The Morgan fingerprint density at radius 1 is 1.23 bits per heavy atom. The molecule has 0 fully saturated rings. The Bertz CT molecular complexity index is 369. The van der Waals surface area contributed by atoms with Gasteiger partial charge in [0, 0.05) is 0 Å². The first-order chi connectivity index (χ1) is 6.40. The predicted molar refractivity (Wildman–Crippen MR) is 57.6 cm³/mol. The molecule has 1 heterocycles. The summed E-state index contributed by atoms with van der Waals surface area (Å²) in [5.74, 6) is 0. The fourth-order valence-electron chi connectivity index (χ4n) is 1.20. The Kier molecular flexibility index (Phi) is 2.41. The average molecular weight is 188 g/mol. The van der Waals surface area contributed by atoms with Gasteiger partial charge < -0.3 is 0 Å². The van der Waals surface area contributed by atoms with Gasteiger partial charge in [0.05, 0.1) is 11.1 Å². The summed E-state index contributed by atoms with van der Waals surface area (Å²) in [5.41, 5.74) is 2.56. The summed E-state index contributed by atoms with van der Waals surface area (Å²) in [6.07, 6.45) is 2.88. The van der Waals surface area contributed by atoms with Crippen LogP contribution < -0.4 is 0 Å². The molecule has 1 aromatic heterocycles. The number of hydrogen-bond donors (Lipinski definition) is 0. The molecule has 0 unspecified atom stereocenters. The minimum Gasteiger partial charge on any atom is -0.146 e. The minimum atomic E-state index is 1.08. The van der Waals surface area contributed by atoms with Gasteiger partial charge in [0.1, 0.15) is 7.85 Å². The highest BCUT2D eigenvalue weighted by molar-refractivity contribution is 7.09. The van der Waals surface area contributed by atoms with Gasteiger partial charge in [0.2, 0.25) is 0 Å². The molecule has 0 N–H and O–H groups in total. The normalized spacial score (nSPS) is 10.2. The quantitative estimate of drug-likeness (QED) is 0.664. The third-order valence-corrected chi connectivity index (χ3v) is 2.72. The van der Waals surface area contributed by atoms with Crippen LogP contribution in [0, 0.1) is 0 Å². The van der Waals surface area contributed by atoms with Crippen molar-refractivity contribution in [3.8, 4) is 10.4 Å². The molecule has 2 rings (SSSR count). The summed E-state index contributed by atoms with van der Waals surface area (Å²) in [5, 5.41) is 3.81. The van der Waals surface area contributed by atoms with Gasteiger partial charge in [-0.15, -0.1) is 5.10 Å². The lowest BCUT2D eigenvalue weighted by Gasteiger charge is -1.97. The summed E-state index contributed by atoms with van der Waals surface area (Å²) < 4.78 is 3.83. The molecule has 0 bridgehead atoms. The first-order valence-electron chi connectivity index (χ1n) is 4.27. The third kappa shape index (κ3) is 1.78. The van der Waals surface area contributed by atoms with Gasteiger partial charge in [-0.2, -0.15) is 0 Å². The van der Waals surface area contributed by atoms with Crippen LogP contribution in [-0.4, -0.2) is 17.4 Å². The lowest BCUT2D eigenvalue weighted by molar-refractivity contribution is 1.16. The molecule has 1 aromatic carbocycles. The second kappa shape index (κ2) is 3.70. The SMILES string of the molecule is BCc1ccc(-c2cnns2)cc1. The summed E-state index contributed by atoms with van der Waals surface area (Å²) in [4.78, 5) is 1.13. The summed E-state index contributed by atoms with van der Waals surface area (Å²) in [6.45, 7) is 0. The molecule has 0 aliphatic heterocycles. The highest BCUT2D eigenvalue weighted by atomic mass is 32.1. The second-order valence-corrected chi connectivity index (χ2v) is 3.62. The number of aromatic nitrogens is 2. The van der Waals surface area contributed by atoms with Crippen LogP contribution in [0.1, 0.15) is 5.56 Å². The largest absolute Gasteiger partial charge is 0.146 e. The first kappa shape index (κ1) is 8.44. The van der Waals surface area contributed by atoms with E-state index in [-0.39, 0.29) is 0 Å². The van der Waals surface area contributed by atoms with Crippen LogP contribution >= 0.6 is 11.5 Å². The number of nitrogens with zero attached hydrogens (tertiary/aromatic N) is 2. The molecule has 0 saturated heterocycles. The maximum atomic E-state index is 3.83. The summed E-state index contributed by atoms with van der Waals surface area (Å²) in [6, 6.07) is 8.53. The van der Waals surface area contributed by atoms with Crippen molar-refractivity contribution in [2.24, 2.45) is 0 Å². The molecule has 64 valence electrons. The van der Waals surface area contributed by atoms with E-state index >= 15 is 0 Å². The van der Waals surface area contributed by atoms with E-state index in [1.54, 1.807) is 6.20 Å². The maximum Gasteiger partial charge on any atom is 0.107 e. The van der Waals surface area contributed by atoms with E-state index in [0.717, 1.165) is 11.2 Å². The van der Waals surface area contributed by atoms with Gasteiger partial charge in [-0.25, -0.2) is 0 Å². The van der Waals surface area contributed by atoms with Gasteiger partial charge in [-0.3, -0.25) is 0 Å². The van der Waals surface area contributed by atoms with Crippen molar-refractivity contribution >= 4 is 19.4 Å². The molecule has 0 atom stereocenters. The molecule has 0 spiro atoms. The maximum absolute atomic E-state index is 3.83.